The first-order valence-electron chi connectivity index (χ1n) is 3.81. The first-order chi connectivity index (χ1) is 4.16. The van der Waals surface area contributed by atoms with E-state index >= 15 is 0 Å². The third-order valence-electron chi connectivity index (χ3n) is 1.46. The molecule has 0 rings (SSSR count). The molecule has 0 bridgehead atoms. The van der Waals surface area contributed by atoms with Gasteiger partial charge < -0.3 is 0 Å². The zero-order valence-electron chi connectivity index (χ0n) is 7.15. The summed E-state index contributed by atoms with van der Waals surface area (Å²) in [6, 6.07) is 0. The van der Waals surface area contributed by atoms with E-state index in [9.17, 15) is 0 Å². The van der Waals surface area contributed by atoms with Crippen molar-refractivity contribution in [2.24, 2.45) is 0 Å². The molecule has 0 aliphatic carbocycles. The van der Waals surface area contributed by atoms with Crippen LogP contribution in [0.25, 0.3) is 0 Å². The van der Waals surface area contributed by atoms with E-state index in [2.05, 4.69) is 30.6 Å². The molecule has 2 heteroatoms. The van der Waals surface area contributed by atoms with Crippen molar-refractivity contribution in [1.29, 1.82) is 0 Å². The second-order valence-corrected chi connectivity index (χ2v) is 12.2. The van der Waals surface area contributed by atoms with E-state index in [0.717, 1.165) is 0 Å². The standard InChI is InChI=1S/C3H8N.C3H7.CH3.In/c1-4(2)3;1-3-2;;/h1H2,2-3H3;1,3H2,2H3;1H3;. The molecule has 0 aromatic rings. The minimum absolute atomic E-state index is 0.948. The van der Waals surface area contributed by atoms with Crippen LogP contribution >= 0.6 is 0 Å². The van der Waals surface area contributed by atoms with E-state index in [4.69, 9.17) is 0 Å². The second kappa shape index (κ2) is 5.60. The van der Waals surface area contributed by atoms with Crippen molar-refractivity contribution in [3.63, 3.8) is 0 Å². The monoisotopic (exact) mass is 231 g/mol. The molecule has 0 fully saturated rings. The molecule has 1 nitrogen and oxygen atoms in total. The van der Waals surface area contributed by atoms with Crippen LogP contribution < -0.4 is 0 Å². The van der Waals surface area contributed by atoms with Crippen molar-refractivity contribution < 1.29 is 0 Å². The minimum atomic E-state index is -0.948. The van der Waals surface area contributed by atoms with Gasteiger partial charge in [0.05, 0.1) is 0 Å². The topological polar surface area (TPSA) is 3.24 Å². The fourth-order valence-corrected chi connectivity index (χ4v) is 8.10. The molecule has 0 unspecified atom stereocenters. The van der Waals surface area contributed by atoms with Crippen molar-refractivity contribution in [3.8, 4) is 0 Å². The molecular formula is C7H18InN. The molecular weight excluding hydrogens is 213 g/mol. The summed E-state index contributed by atoms with van der Waals surface area (Å²) >= 11 is -0.948. The van der Waals surface area contributed by atoms with Gasteiger partial charge in [0.25, 0.3) is 0 Å². The zero-order chi connectivity index (χ0) is 7.28. The average Bonchev–Trinajstić information content (AvgIpc) is 1.63. The average molecular weight is 231 g/mol. The fourth-order valence-electron chi connectivity index (χ4n) is 1.21. The Labute approximate surface area is 67.0 Å². The molecule has 54 valence electrons. The molecule has 0 N–H and O–H groups in total. The van der Waals surface area contributed by atoms with Gasteiger partial charge in [-0.15, -0.1) is 0 Å². The predicted molar refractivity (Wildman–Crippen MR) is 45.3 cm³/mol. The van der Waals surface area contributed by atoms with Gasteiger partial charge in [-0.1, -0.05) is 0 Å². The third-order valence-corrected chi connectivity index (χ3v) is 9.78. The molecule has 0 saturated heterocycles. The van der Waals surface area contributed by atoms with E-state index in [1.807, 2.05) is 0 Å². The molecule has 0 aliphatic rings. The predicted octanol–water partition coefficient (Wildman–Crippen LogP) is 1.62. The summed E-state index contributed by atoms with van der Waals surface area (Å²) in [5, 5.41) is 0. The van der Waals surface area contributed by atoms with Crippen molar-refractivity contribution >= 4 is 21.4 Å². The van der Waals surface area contributed by atoms with Gasteiger partial charge in [0.15, 0.2) is 0 Å². The molecule has 0 radical (unpaired) electrons. The maximum absolute atomic E-state index is 2.52. The zero-order valence-corrected chi connectivity index (χ0v) is 10.4. The van der Waals surface area contributed by atoms with E-state index in [1.165, 1.54) is 10.7 Å². The van der Waals surface area contributed by atoms with Crippen LogP contribution in [-0.2, 0) is 0 Å². The van der Waals surface area contributed by atoms with Gasteiger partial charge >= 0.3 is 66.9 Å². The Kier molecular flexibility index (Phi) is 6.12. The van der Waals surface area contributed by atoms with Crippen LogP contribution in [0, 0.1) is 0 Å². The Balaban J connectivity index is 3.15. The molecule has 0 saturated carbocycles. The van der Waals surface area contributed by atoms with Crippen LogP contribution in [-0.4, -0.2) is 44.7 Å². The van der Waals surface area contributed by atoms with E-state index in [-0.39, 0.29) is 0 Å². The molecule has 0 atom stereocenters. The van der Waals surface area contributed by atoms with Crippen LogP contribution in [0.3, 0.4) is 0 Å². The van der Waals surface area contributed by atoms with Crippen molar-refractivity contribution in [2.45, 2.75) is 22.2 Å². The van der Waals surface area contributed by atoms with Crippen molar-refractivity contribution in [1.82, 2.24) is 4.90 Å². The Morgan fingerprint density at radius 1 is 1.33 bits per heavy atom. The summed E-state index contributed by atoms with van der Waals surface area (Å²) < 4.78 is 5.53. The van der Waals surface area contributed by atoms with Gasteiger partial charge in [-0.2, -0.15) is 0 Å². The summed E-state index contributed by atoms with van der Waals surface area (Å²) in [4.78, 5) is 2.34. The summed E-state index contributed by atoms with van der Waals surface area (Å²) in [6.07, 6.45) is 1.41. The van der Waals surface area contributed by atoms with Crippen LogP contribution in [0.15, 0.2) is 0 Å². The fraction of sp³-hybridized carbons (Fsp3) is 1.00. The molecule has 9 heavy (non-hydrogen) atoms. The molecule has 0 aromatic heterocycles. The number of hydrogen-bond donors (Lipinski definition) is 0. The van der Waals surface area contributed by atoms with Crippen molar-refractivity contribution in [3.05, 3.63) is 0 Å². The molecule has 0 aromatic carbocycles. The van der Waals surface area contributed by atoms with Crippen LogP contribution in [0.1, 0.15) is 13.3 Å². The number of nitrogens with zero attached hydrogens (tertiary/aromatic N) is 1. The van der Waals surface area contributed by atoms with Gasteiger partial charge in [0.1, 0.15) is 0 Å². The Morgan fingerprint density at radius 3 is 2.22 bits per heavy atom. The third kappa shape index (κ3) is 6.72. The normalized spacial score (nSPS) is 10.3. The van der Waals surface area contributed by atoms with Crippen molar-refractivity contribution in [2.75, 3.05) is 18.4 Å². The van der Waals surface area contributed by atoms with Gasteiger partial charge in [-0.05, 0) is 0 Å². The van der Waals surface area contributed by atoms with Crippen LogP contribution in [0.4, 0.5) is 0 Å². The molecule has 0 aliphatic heterocycles. The van der Waals surface area contributed by atoms with Gasteiger partial charge in [-0.25, -0.2) is 0 Å². The first kappa shape index (κ1) is 9.83. The number of rotatable bonds is 4. The van der Waals surface area contributed by atoms with Crippen LogP contribution in [0.5, 0.6) is 0 Å². The Bertz CT molecular complexity index is 63.9. The quantitative estimate of drug-likeness (QED) is 0.710. The first-order valence-corrected chi connectivity index (χ1v) is 11.8. The number of hydrogen-bond acceptors (Lipinski definition) is 1. The summed E-state index contributed by atoms with van der Waals surface area (Å²) in [6.45, 7) is 2.29. The van der Waals surface area contributed by atoms with E-state index < -0.39 is 21.4 Å². The van der Waals surface area contributed by atoms with E-state index in [0.29, 0.717) is 0 Å². The molecule has 0 amide bonds. The van der Waals surface area contributed by atoms with Gasteiger partial charge in [0.2, 0.25) is 0 Å². The second-order valence-electron chi connectivity index (χ2n) is 3.16. The van der Waals surface area contributed by atoms with E-state index in [1.54, 1.807) is 4.18 Å². The Morgan fingerprint density at radius 2 is 1.89 bits per heavy atom. The van der Waals surface area contributed by atoms with Crippen LogP contribution in [0.2, 0.25) is 8.86 Å². The summed E-state index contributed by atoms with van der Waals surface area (Å²) in [5.41, 5.74) is 0. The van der Waals surface area contributed by atoms with Gasteiger partial charge in [-0.3, -0.25) is 0 Å². The molecule has 0 heterocycles. The summed E-state index contributed by atoms with van der Waals surface area (Å²) in [7, 11) is 4.37. The molecule has 0 spiro atoms. The SMILES string of the molecule is CC[CH2][In]([CH3])[CH2]N(C)C. The Hall–Kier alpha value is 0.830. The maximum atomic E-state index is 2.52. The summed E-state index contributed by atoms with van der Waals surface area (Å²) in [5.74, 6) is 0. The van der Waals surface area contributed by atoms with Gasteiger partial charge in [0, 0.05) is 0 Å².